The topological polar surface area (TPSA) is 35.6 Å². The number of para-hydroxylation sites is 4. The second kappa shape index (κ2) is 13.3. The highest BCUT2D eigenvalue weighted by Crippen LogP contribution is 2.53. The molecule has 10 aromatic carbocycles. The molecule has 304 valence electrons. The van der Waals surface area contributed by atoms with Crippen molar-refractivity contribution in [2.24, 2.45) is 0 Å². The van der Waals surface area contributed by atoms with Crippen molar-refractivity contribution in [1.82, 2.24) is 19.1 Å². The second-order valence-corrected chi connectivity index (χ2v) is 18.1. The van der Waals surface area contributed by atoms with Gasteiger partial charge in [-0.2, -0.15) is 0 Å². The number of aromatic nitrogens is 4. The van der Waals surface area contributed by atoms with Gasteiger partial charge in [0.2, 0.25) is 0 Å². The Labute approximate surface area is 375 Å². The van der Waals surface area contributed by atoms with Crippen LogP contribution in [0.4, 0.5) is 0 Å². The number of benzene rings is 10. The van der Waals surface area contributed by atoms with E-state index in [1.807, 2.05) is 6.07 Å². The van der Waals surface area contributed by atoms with Gasteiger partial charge in [0.05, 0.1) is 50.2 Å². The number of fused-ring (bicyclic) bond motifs is 13. The third kappa shape index (κ3) is 5.08. The van der Waals surface area contributed by atoms with Crippen molar-refractivity contribution in [3.63, 3.8) is 0 Å². The van der Waals surface area contributed by atoms with E-state index in [-0.39, 0.29) is 5.41 Å². The van der Waals surface area contributed by atoms with Crippen LogP contribution in [0.5, 0.6) is 0 Å². The SMILES string of the molecule is CC1(C)c2ccccc2-c2cccc(-c3nc4ccccc4nc3-c3cccc(-n4c5ccccc5c5cc6c(-n7c8ccccc8c8c9ccccc9ccc87)cccc6cc54)c3)c21. The summed E-state index contributed by atoms with van der Waals surface area (Å²) in [5.41, 5.74) is 17.6. The van der Waals surface area contributed by atoms with Gasteiger partial charge in [0.1, 0.15) is 0 Å². The van der Waals surface area contributed by atoms with Crippen molar-refractivity contribution in [2.45, 2.75) is 19.3 Å². The molecule has 0 radical (unpaired) electrons. The van der Waals surface area contributed by atoms with Crippen molar-refractivity contribution >= 4 is 76.2 Å². The van der Waals surface area contributed by atoms with Gasteiger partial charge in [-0.15, -0.1) is 0 Å². The Morgan fingerprint density at radius 1 is 0.385 bits per heavy atom. The van der Waals surface area contributed by atoms with Crippen LogP contribution in [0.15, 0.2) is 206 Å². The van der Waals surface area contributed by atoms with Crippen LogP contribution in [-0.2, 0) is 5.41 Å². The molecule has 0 atom stereocenters. The van der Waals surface area contributed by atoms with E-state index in [9.17, 15) is 0 Å². The molecular formula is C61H40N4. The Morgan fingerprint density at radius 3 is 1.89 bits per heavy atom. The zero-order valence-electron chi connectivity index (χ0n) is 35.9. The summed E-state index contributed by atoms with van der Waals surface area (Å²) in [6.07, 6.45) is 0. The van der Waals surface area contributed by atoms with E-state index in [1.54, 1.807) is 0 Å². The molecule has 3 heterocycles. The fourth-order valence-corrected chi connectivity index (χ4v) is 11.4. The highest BCUT2D eigenvalue weighted by molar-refractivity contribution is 6.22. The predicted octanol–water partition coefficient (Wildman–Crippen LogP) is 15.8. The zero-order valence-corrected chi connectivity index (χ0v) is 35.9. The third-order valence-corrected chi connectivity index (χ3v) is 14.2. The van der Waals surface area contributed by atoms with Crippen LogP contribution in [0.2, 0.25) is 0 Å². The smallest absolute Gasteiger partial charge is 0.0976 e. The first-order valence-electron chi connectivity index (χ1n) is 22.5. The summed E-state index contributed by atoms with van der Waals surface area (Å²) >= 11 is 0. The summed E-state index contributed by atoms with van der Waals surface area (Å²) in [4.78, 5) is 10.9. The Balaban J connectivity index is 0.988. The minimum absolute atomic E-state index is 0.212. The van der Waals surface area contributed by atoms with E-state index in [0.717, 1.165) is 50.3 Å². The van der Waals surface area contributed by atoms with Gasteiger partial charge in [-0.1, -0.05) is 159 Å². The maximum Gasteiger partial charge on any atom is 0.0976 e. The van der Waals surface area contributed by atoms with Crippen LogP contribution in [-0.4, -0.2) is 19.1 Å². The third-order valence-electron chi connectivity index (χ3n) is 14.2. The molecule has 3 aromatic heterocycles. The number of hydrogen-bond donors (Lipinski definition) is 0. The van der Waals surface area contributed by atoms with Crippen molar-refractivity contribution < 1.29 is 0 Å². The first kappa shape index (κ1) is 36.2. The monoisotopic (exact) mass is 828 g/mol. The second-order valence-electron chi connectivity index (χ2n) is 18.1. The summed E-state index contributed by atoms with van der Waals surface area (Å²) in [7, 11) is 0. The largest absolute Gasteiger partial charge is 0.309 e. The molecule has 0 saturated heterocycles. The average Bonchev–Trinajstić information content (AvgIpc) is 3.95. The molecule has 0 unspecified atom stereocenters. The van der Waals surface area contributed by atoms with E-state index < -0.39 is 0 Å². The molecule has 1 aliphatic rings. The van der Waals surface area contributed by atoms with Crippen LogP contribution in [0.3, 0.4) is 0 Å². The molecule has 0 saturated carbocycles. The molecule has 0 N–H and O–H groups in total. The first-order chi connectivity index (χ1) is 32.0. The van der Waals surface area contributed by atoms with Gasteiger partial charge < -0.3 is 9.13 Å². The molecule has 1 aliphatic carbocycles. The van der Waals surface area contributed by atoms with Crippen molar-refractivity contribution in [1.29, 1.82) is 0 Å². The molecule has 65 heavy (non-hydrogen) atoms. The van der Waals surface area contributed by atoms with Crippen molar-refractivity contribution in [3.05, 3.63) is 217 Å². The van der Waals surface area contributed by atoms with E-state index in [4.69, 9.17) is 9.97 Å². The summed E-state index contributed by atoms with van der Waals surface area (Å²) in [5, 5.41) is 9.90. The first-order valence-corrected chi connectivity index (χ1v) is 22.5. The van der Waals surface area contributed by atoms with E-state index >= 15 is 0 Å². The van der Waals surface area contributed by atoms with Crippen LogP contribution >= 0.6 is 0 Å². The number of rotatable bonds is 4. The van der Waals surface area contributed by atoms with Crippen LogP contribution < -0.4 is 0 Å². The van der Waals surface area contributed by atoms with E-state index in [0.29, 0.717) is 0 Å². The lowest BCUT2D eigenvalue weighted by molar-refractivity contribution is 0.662. The fourth-order valence-electron chi connectivity index (χ4n) is 11.4. The Morgan fingerprint density at radius 2 is 1.03 bits per heavy atom. The Bertz CT molecular complexity index is 4160. The molecule has 0 amide bonds. The summed E-state index contributed by atoms with van der Waals surface area (Å²) in [6, 6.07) is 75.2. The molecule has 13 aromatic rings. The quantitative estimate of drug-likeness (QED) is 0.177. The minimum Gasteiger partial charge on any atom is -0.309 e. The standard InChI is InChI=1S/C61H40N4/c1-61(2)49-26-8-5-21-42(49)44-24-15-25-46(58(44)61)60-59(62-50-27-9-10-28-51(50)63-60)39-18-13-19-40(34-39)64-52-29-11-6-22-43(52)48-36-47-38(35-56(48)64)17-14-31-54(47)65-53-30-12-7-23-45(53)57-41-20-4-3-16-37(41)32-33-55(57)65/h3-36H,1-2H3. The van der Waals surface area contributed by atoms with Gasteiger partial charge >= 0.3 is 0 Å². The highest BCUT2D eigenvalue weighted by atomic mass is 15.0. The lowest BCUT2D eigenvalue weighted by Crippen LogP contribution is -2.16. The number of nitrogens with zero attached hydrogens (tertiary/aromatic N) is 4. The minimum atomic E-state index is -0.212. The molecule has 0 fully saturated rings. The summed E-state index contributed by atoms with van der Waals surface area (Å²) < 4.78 is 4.90. The molecular weight excluding hydrogens is 789 g/mol. The molecule has 14 rings (SSSR count). The van der Waals surface area contributed by atoms with Crippen LogP contribution in [0, 0.1) is 0 Å². The summed E-state index contributed by atoms with van der Waals surface area (Å²) in [6.45, 7) is 4.69. The fraction of sp³-hybridized carbons (Fsp3) is 0.0492. The zero-order chi connectivity index (χ0) is 43.0. The molecule has 4 heteroatoms. The van der Waals surface area contributed by atoms with Crippen molar-refractivity contribution in [3.8, 4) is 45.0 Å². The predicted molar refractivity (Wildman–Crippen MR) is 272 cm³/mol. The van der Waals surface area contributed by atoms with Gasteiger partial charge in [-0.25, -0.2) is 9.97 Å². The van der Waals surface area contributed by atoms with Crippen LogP contribution in [0.1, 0.15) is 25.0 Å². The lowest BCUT2D eigenvalue weighted by Gasteiger charge is -2.25. The maximum absolute atomic E-state index is 5.46. The van der Waals surface area contributed by atoms with Crippen LogP contribution in [0.25, 0.3) is 121 Å². The molecule has 0 aliphatic heterocycles. The van der Waals surface area contributed by atoms with E-state index in [2.05, 4.69) is 223 Å². The lowest BCUT2D eigenvalue weighted by atomic mass is 9.79. The Kier molecular flexibility index (Phi) is 7.42. The van der Waals surface area contributed by atoms with E-state index in [1.165, 1.54) is 82.1 Å². The average molecular weight is 829 g/mol. The molecule has 4 nitrogen and oxygen atoms in total. The molecule has 0 spiro atoms. The maximum atomic E-state index is 5.46. The van der Waals surface area contributed by atoms with Crippen molar-refractivity contribution in [2.75, 3.05) is 0 Å². The van der Waals surface area contributed by atoms with Gasteiger partial charge in [0, 0.05) is 49.2 Å². The van der Waals surface area contributed by atoms with Gasteiger partial charge in [-0.05, 0) is 99.1 Å². The highest BCUT2D eigenvalue weighted by Gasteiger charge is 2.38. The van der Waals surface area contributed by atoms with Gasteiger partial charge in [0.25, 0.3) is 0 Å². The normalized spacial score (nSPS) is 13.2. The molecule has 0 bridgehead atoms. The van der Waals surface area contributed by atoms with Gasteiger partial charge in [0.15, 0.2) is 0 Å². The Hall–Kier alpha value is -8.34. The number of hydrogen-bond acceptors (Lipinski definition) is 2. The van der Waals surface area contributed by atoms with Gasteiger partial charge in [-0.3, -0.25) is 0 Å². The summed E-state index contributed by atoms with van der Waals surface area (Å²) in [5.74, 6) is 0.